The number of carbonyl (C=O) groups is 3. The zero-order valence-corrected chi connectivity index (χ0v) is 18.8. The van der Waals surface area contributed by atoms with Crippen molar-refractivity contribution < 1.29 is 36.3 Å². The van der Waals surface area contributed by atoms with Gasteiger partial charge in [0.25, 0.3) is 5.91 Å². The van der Waals surface area contributed by atoms with Gasteiger partial charge in [0.15, 0.2) is 21.5 Å². The van der Waals surface area contributed by atoms with Gasteiger partial charge in [0.2, 0.25) is 5.91 Å². The van der Waals surface area contributed by atoms with E-state index in [-0.39, 0.29) is 40.6 Å². The lowest BCUT2D eigenvalue weighted by atomic mass is 9.84. The maximum Gasteiger partial charge on any atom is 0.325 e. The first-order chi connectivity index (χ1) is 15.5. The molecule has 0 aromatic heterocycles. The van der Waals surface area contributed by atoms with Crippen LogP contribution in [0.25, 0.3) is 0 Å². The largest absolute Gasteiger partial charge is 0.468 e. The van der Waals surface area contributed by atoms with Crippen LogP contribution in [0.15, 0.2) is 41.3 Å². The second-order valence-corrected chi connectivity index (χ2v) is 9.96. The van der Waals surface area contributed by atoms with E-state index in [1.165, 1.54) is 19.2 Å². The molecule has 2 amide bonds. The molecule has 3 rings (SSSR count). The minimum Gasteiger partial charge on any atom is -0.468 e. The third-order valence-corrected chi connectivity index (χ3v) is 7.87. The van der Waals surface area contributed by atoms with Crippen LogP contribution < -0.4 is 10.6 Å². The summed E-state index contributed by atoms with van der Waals surface area (Å²) in [6.07, 6.45) is 0.0495. The maximum atomic E-state index is 13.4. The number of anilines is 1. The number of hydrogen-bond acceptors (Lipinski definition) is 6. The molecule has 33 heavy (non-hydrogen) atoms. The van der Waals surface area contributed by atoms with Crippen molar-refractivity contribution in [3.05, 3.63) is 58.6 Å². The van der Waals surface area contributed by atoms with E-state index in [1.807, 2.05) is 0 Å². The summed E-state index contributed by atoms with van der Waals surface area (Å²) in [6, 6.07) is 6.42. The van der Waals surface area contributed by atoms with Crippen LogP contribution in [0.5, 0.6) is 0 Å². The van der Waals surface area contributed by atoms with Gasteiger partial charge in [-0.2, -0.15) is 0 Å². The van der Waals surface area contributed by atoms with Crippen molar-refractivity contribution in [1.29, 1.82) is 0 Å². The van der Waals surface area contributed by atoms with Crippen molar-refractivity contribution in [2.75, 3.05) is 19.0 Å². The average molecular weight is 501 g/mol. The molecule has 12 heteroatoms. The number of ether oxygens (including phenoxy) is 1. The van der Waals surface area contributed by atoms with Crippen molar-refractivity contribution in [2.45, 2.75) is 23.0 Å². The number of halogens is 3. The molecule has 0 heterocycles. The fourth-order valence-electron chi connectivity index (χ4n) is 3.23. The van der Waals surface area contributed by atoms with Gasteiger partial charge in [0.1, 0.15) is 6.54 Å². The van der Waals surface area contributed by atoms with E-state index >= 15 is 0 Å². The lowest BCUT2D eigenvalue weighted by Gasteiger charge is -2.33. The highest BCUT2D eigenvalue weighted by atomic mass is 35.5. The van der Waals surface area contributed by atoms with Crippen LogP contribution in [-0.4, -0.2) is 45.1 Å². The molecule has 0 bridgehead atoms. The zero-order chi connectivity index (χ0) is 24.3. The summed E-state index contributed by atoms with van der Waals surface area (Å²) < 4.78 is 56.9. The standard InChI is InChI=1S/C21H19ClF2N2O6S/c1-32-19(27)10-25-20(28)12-6-14(7-12)33(30,31)18-8-11(2-4-15(18)22)21(29)26-13-3-5-16(23)17(24)9-13/h2-5,8-9,12,14H,6-7,10H2,1H3,(H,25,28)(H,26,29). The van der Waals surface area contributed by atoms with Crippen molar-refractivity contribution in [2.24, 2.45) is 5.92 Å². The Morgan fingerprint density at radius 2 is 1.79 bits per heavy atom. The lowest BCUT2D eigenvalue weighted by molar-refractivity contribution is -0.142. The second kappa shape index (κ2) is 9.84. The summed E-state index contributed by atoms with van der Waals surface area (Å²) in [7, 11) is -2.79. The molecule has 2 aromatic rings. The van der Waals surface area contributed by atoms with Crippen molar-refractivity contribution in [3.8, 4) is 0 Å². The van der Waals surface area contributed by atoms with Crippen molar-refractivity contribution >= 4 is 44.9 Å². The number of rotatable bonds is 7. The van der Waals surface area contributed by atoms with Gasteiger partial charge in [0.05, 0.1) is 22.3 Å². The van der Waals surface area contributed by atoms with Gasteiger partial charge in [-0.05, 0) is 43.2 Å². The topological polar surface area (TPSA) is 119 Å². The number of methoxy groups -OCH3 is 1. The summed E-state index contributed by atoms with van der Waals surface area (Å²) in [4.78, 5) is 35.4. The van der Waals surface area contributed by atoms with E-state index < -0.39 is 50.4 Å². The molecule has 1 saturated carbocycles. The van der Waals surface area contributed by atoms with Crippen molar-refractivity contribution in [3.63, 3.8) is 0 Å². The maximum absolute atomic E-state index is 13.4. The minimum absolute atomic E-state index is 0.0157. The van der Waals surface area contributed by atoms with E-state index in [0.29, 0.717) is 0 Å². The normalized spacial score (nSPS) is 17.6. The number of carbonyl (C=O) groups excluding carboxylic acids is 3. The Hall–Kier alpha value is -3.05. The number of benzene rings is 2. The molecular weight excluding hydrogens is 482 g/mol. The third kappa shape index (κ3) is 5.48. The summed E-state index contributed by atoms with van der Waals surface area (Å²) in [5.74, 6) is -4.65. The minimum atomic E-state index is -3.97. The fraction of sp³-hybridized carbons (Fsp3) is 0.286. The summed E-state index contributed by atoms with van der Waals surface area (Å²) in [5.41, 5.74) is -0.0764. The molecule has 2 aromatic carbocycles. The molecular formula is C21H19ClF2N2O6S. The van der Waals surface area contributed by atoms with Gasteiger partial charge in [-0.3, -0.25) is 14.4 Å². The van der Waals surface area contributed by atoms with Gasteiger partial charge in [-0.25, -0.2) is 17.2 Å². The van der Waals surface area contributed by atoms with Gasteiger partial charge in [-0.15, -0.1) is 0 Å². The monoisotopic (exact) mass is 500 g/mol. The Morgan fingerprint density at radius 1 is 1.09 bits per heavy atom. The van der Waals surface area contributed by atoms with E-state index in [4.69, 9.17) is 11.6 Å². The lowest BCUT2D eigenvalue weighted by Crippen LogP contribution is -2.45. The highest BCUT2D eigenvalue weighted by Crippen LogP contribution is 2.38. The predicted octanol–water partition coefficient (Wildman–Crippen LogP) is 2.71. The third-order valence-electron chi connectivity index (χ3n) is 5.22. The molecule has 0 aliphatic heterocycles. The Morgan fingerprint density at radius 3 is 2.42 bits per heavy atom. The Kier molecular flexibility index (Phi) is 7.33. The van der Waals surface area contributed by atoms with Crippen molar-refractivity contribution in [1.82, 2.24) is 5.32 Å². The SMILES string of the molecule is COC(=O)CNC(=O)C1CC(S(=O)(=O)c2cc(C(=O)Nc3ccc(F)c(F)c3)ccc2Cl)C1. The van der Waals surface area contributed by atoms with E-state index in [9.17, 15) is 31.6 Å². The van der Waals surface area contributed by atoms with Crippen LogP contribution in [0.3, 0.4) is 0 Å². The quantitative estimate of drug-likeness (QED) is 0.564. The highest BCUT2D eigenvalue weighted by molar-refractivity contribution is 7.92. The summed E-state index contributed by atoms with van der Waals surface area (Å²) in [6.45, 7) is -0.315. The molecule has 0 unspecified atom stereocenters. The van der Waals surface area contributed by atoms with Crippen LogP contribution in [-0.2, 0) is 24.2 Å². The molecule has 0 saturated heterocycles. The fourth-order valence-corrected chi connectivity index (χ4v) is 5.63. The molecule has 2 N–H and O–H groups in total. The van der Waals surface area contributed by atoms with Crippen LogP contribution in [0.2, 0.25) is 5.02 Å². The predicted molar refractivity (Wildman–Crippen MR) is 114 cm³/mol. The number of hydrogen-bond donors (Lipinski definition) is 2. The number of nitrogens with one attached hydrogen (secondary N) is 2. The van der Waals surface area contributed by atoms with Crippen LogP contribution in [0.4, 0.5) is 14.5 Å². The van der Waals surface area contributed by atoms with E-state index in [1.54, 1.807) is 0 Å². The molecule has 0 spiro atoms. The Labute approximate surface area is 193 Å². The first kappa shape index (κ1) is 24.6. The second-order valence-electron chi connectivity index (χ2n) is 7.36. The molecule has 176 valence electrons. The van der Waals surface area contributed by atoms with Crippen LogP contribution in [0, 0.1) is 17.6 Å². The first-order valence-corrected chi connectivity index (χ1v) is 11.6. The van der Waals surface area contributed by atoms with Crippen LogP contribution >= 0.6 is 11.6 Å². The molecule has 1 aliphatic rings. The molecule has 0 radical (unpaired) electrons. The van der Waals surface area contributed by atoms with Crippen LogP contribution in [0.1, 0.15) is 23.2 Å². The smallest absolute Gasteiger partial charge is 0.325 e. The van der Waals surface area contributed by atoms with E-state index in [2.05, 4.69) is 15.4 Å². The highest BCUT2D eigenvalue weighted by Gasteiger charge is 2.43. The molecule has 1 fully saturated rings. The zero-order valence-electron chi connectivity index (χ0n) is 17.2. The first-order valence-electron chi connectivity index (χ1n) is 9.67. The van der Waals surface area contributed by atoms with Gasteiger partial charge in [-0.1, -0.05) is 11.6 Å². The van der Waals surface area contributed by atoms with Gasteiger partial charge in [0, 0.05) is 23.2 Å². The molecule has 0 atom stereocenters. The Bertz CT molecular complexity index is 1220. The number of amides is 2. The number of sulfone groups is 1. The number of esters is 1. The summed E-state index contributed by atoms with van der Waals surface area (Å²) >= 11 is 6.08. The average Bonchev–Trinajstić information content (AvgIpc) is 2.73. The summed E-state index contributed by atoms with van der Waals surface area (Å²) in [5, 5.41) is 3.74. The Balaban J connectivity index is 1.70. The van der Waals surface area contributed by atoms with Gasteiger partial charge >= 0.3 is 5.97 Å². The molecule has 8 nitrogen and oxygen atoms in total. The van der Waals surface area contributed by atoms with E-state index in [0.717, 1.165) is 24.3 Å². The van der Waals surface area contributed by atoms with Gasteiger partial charge < -0.3 is 15.4 Å². The molecule has 1 aliphatic carbocycles.